The van der Waals surface area contributed by atoms with E-state index in [0.29, 0.717) is 16.4 Å². The van der Waals surface area contributed by atoms with Crippen LogP contribution in [0.2, 0.25) is 0 Å². The van der Waals surface area contributed by atoms with Crippen LogP contribution in [-0.2, 0) is 4.79 Å². The zero-order chi connectivity index (χ0) is 18.7. The van der Waals surface area contributed by atoms with Crippen LogP contribution in [0.25, 0.3) is 0 Å². The molecular weight excluding hydrogens is 352 g/mol. The second kappa shape index (κ2) is 7.78. The van der Waals surface area contributed by atoms with Gasteiger partial charge in [-0.1, -0.05) is 0 Å². The number of nitrogens with one attached hydrogen (secondary N) is 1. The van der Waals surface area contributed by atoms with E-state index in [1.807, 2.05) is 23.1 Å². The minimum atomic E-state index is -0.147. The minimum Gasteiger partial charge on any atom is -0.497 e. The van der Waals surface area contributed by atoms with E-state index in [1.165, 1.54) is 18.3 Å². The summed E-state index contributed by atoms with van der Waals surface area (Å²) in [6.45, 7) is 2.14. The number of anilines is 1. The molecule has 6 nitrogen and oxygen atoms in total. The van der Waals surface area contributed by atoms with E-state index in [0.717, 1.165) is 29.9 Å². The summed E-state index contributed by atoms with van der Waals surface area (Å²) in [4.78, 5) is 26.7. The Morgan fingerprint density at radius 3 is 2.69 bits per heavy atom. The first-order valence-corrected chi connectivity index (χ1v) is 9.25. The number of hydrogen-bond donors (Lipinski definition) is 1. The van der Waals surface area contributed by atoms with E-state index >= 15 is 0 Å². The Kier molecular flexibility index (Phi) is 5.46. The molecule has 3 rings (SSSR count). The predicted octanol–water partition coefficient (Wildman–Crippen LogP) is 3.70. The Morgan fingerprint density at radius 2 is 2.00 bits per heavy atom. The van der Waals surface area contributed by atoms with E-state index in [2.05, 4.69) is 5.32 Å². The number of rotatable bonds is 5. The highest BCUT2D eigenvalue weighted by molar-refractivity contribution is 7.18. The van der Waals surface area contributed by atoms with Gasteiger partial charge in [0.25, 0.3) is 5.91 Å². The van der Waals surface area contributed by atoms with Crippen molar-refractivity contribution in [3.63, 3.8) is 0 Å². The number of nitrogens with zero attached hydrogens (tertiary/aromatic N) is 1. The van der Waals surface area contributed by atoms with Crippen LogP contribution in [0.1, 0.15) is 41.0 Å². The number of likely N-dealkylation sites (tertiary alicyclic amines) is 1. The van der Waals surface area contributed by atoms with Gasteiger partial charge in [-0.25, -0.2) is 0 Å². The Bertz CT molecular complexity index is 818. The van der Waals surface area contributed by atoms with Gasteiger partial charge in [-0.05, 0) is 43.2 Å². The lowest BCUT2D eigenvalue weighted by molar-refractivity contribution is -0.114. The van der Waals surface area contributed by atoms with Gasteiger partial charge < -0.3 is 19.7 Å². The van der Waals surface area contributed by atoms with Crippen molar-refractivity contribution in [3.8, 4) is 11.5 Å². The predicted molar refractivity (Wildman–Crippen MR) is 101 cm³/mol. The third-order valence-electron chi connectivity index (χ3n) is 4.43. The molecule has 0 unspecified atom stereocenters. The van der Waals surface area contributed by atoms with Gasteiger partial charge in [-0.2, -0.15) is 0 Å². The molecule has 1 N–H and O–H groups in total. The molecule has 2 amide bonds. The SMILES string of the molecule is COc1ccc(OC)c([C@H]2CCCN2C(=O)c2ccc(NC(C)=O)s2)c1. The Morgan fingerprint density at radius 1 is 1.19 bits per heavy atom. The second-order valence-corrected chi connectivity index (χ2v) is 7.19. The van der Waals surface area contributed by atoms with Crippen molar-refractivity contribution < 1.29 is 19.1 Å². The second-order valence-electron chi connectivity index (χ2n) is 6.11. The molecule has 0 bridgehead atoms. The van der Waals surface area contributed by atoms with Crippen LogP contribution in [0, 0.1) is 0 Å². The fourth-order valence-corrected chi connectivity index (χ4v) is 4.18. The van der Waals surface area contributed by atoms with Crippen molar-refractivity contribution >= 4 is 28.2 Å². The summed E-state index contributed by atoms with van der Waals surface area (Å²) >= 11 is 1.29. The third-order valence-corrected chi connectivity index (χ3v) is 5.41. The summed E-state index contributed by atoms with van der Waals surface area (Å²) in [5.74, 6) is 1.31. The standard InChI is InChI=1S/C19H22N2O4S/c1-12(22)20-18-9-8-17(26-18)19(23)21-10-4-5-15(21)14-11-13(24-2)6-7-16(14)25-3/h6-9,11,15H,4-5,10H2,1-3H3,(H,20,22)/t15-/m1/s1. The molecule has 0 spiro atoms. The van der Waals surface area contributed by atoms with E-state index in [4.69, 9.17) is 9.47 Å². The van der Waals surface area contributed by atoms with Crippen LogP contribution in [0.4, 0.5) is 5.00 Å². The maximum absolute atomic E-state index is 13.0. The number of amides is 2. The van der Waals surface area contributed by atoms with Crippen LogP contribution in [0.3, 0.4) is 0 Å². The summed E-state index contributed by atoms with van der Waals surface area (Å²) in [7, 11) is 3.25. The molecule has 1 aliphatic rings. The highest BCUT2D eigenvalue weighted by Gasteiger charge is 2.33. The van der Waals surface area contributed by atoms with Gasteiger partial charge in [0.05, 0.1) is 30.1 Å². The maximum atomic E-state index is 13.0. The molecule has 1 saturated heterocycles. The van der Waals surface area contributed by atoms with Crippen LogP contribution in [0.15, 0.2) is 30.3 Å². The lowest BCUT2D eigenvalue weighted by Gasteiger charge is -2.26. The van der Waals surface area contributed by atoms with E-state index < -0.39 is 0 Å². The highest BCUT2D eigenvalue weighted by atomic mass is 32.1. The van der Waals surface area contributed by atoms with Gasteiger partial charge in [0.2, 0.25) is 5.91 Å². The Balaban J connectivity index is 1.87. The number of carbonyl (C=O) groups excluding carboxylic acids is 2. The molecule has 1 aromatic carbocycles. The first-order chi connectivity index (χ1) is 12.5. The molecule has 26 heavy (non-hydrogen) atoms. The average Bonchev–Trinajstić information content (AvgIpc) is 3.29. The Labute approximate surface area is 156 Å². The summed E-state index contributed by atoms with van der Waals surface area (Å²) < 4.78 is 10.8. The molecule has 2 aromatic rings. The first kappa shape index (κ1) is 18.3. The summed E-state index contributed by atoms with van der Waals surface area (Å²) in [5.41, 5.74) is 0.955. The van der Waals surface area contributed by atoms with E-state index in [-0.39, 0.29) is 17.9 Å². The van der Waals surface area contributed by atoms with Crippen molar-refractivity contribution in [2.45, 2.75) is 25.8 Å². The van der Waals surface area contributed by atoms with Gasteiger partial charge in [0.15, 0.2) is 0 Å². The summed E-state index contributed by atoms with van der Waals surface area (Å²) in [6.07, 6.45) is 1.81. The fourth-order valence-electron chi connectivity index (χ4n) is 3.27. The zero-order valence-corrected chi connectivity index (χ0v) is 15.9. The Hall–Kier alpha value is -2.54. The third kappa shape index (κ3) is 3.67. The molecule has 138 valence electrons. The largest absolute Gasteiger partial charge is 0.497 e. The molecule has 0 radical (unpaired) electrons. The van der Waals surface area contributed by atoms with Crippen molar-refractivity contribution in [1.29, 1.82) is 0 Å². The highest BCUT2D eigenvalue weighted by Crippen LogP contribution is 2.40. The summed E-state index contributed by atoms with van der Waals surface area (Å²) in [5, 5.41) is 3.40. The van der Waals surface area contributed by atoms with Gasteiger partial charge in [-0.3, -0.25) is 9.59 Å². The van der Waals surface area contributed by atoms with E-state index in [1.54, 1.807) is 26.4 Å². The van der Waals surface area contributed by atoms with Crippen LogP contribution in [0.5, 0.6) is 11.5 Å². The summed E-state index contributed by atoms with van der Waals surface area (Å²) in [6, 6.07) is 9.12. The molecular formula is C19H22N2O4S. The molecule has 0 aliphatic carbocycles. The van der Waals surface area contributed by atoms with Gasteiger partial charge in [0, 0.05) is 19.0 Å². The van der Waals surface area contributed by atoms with Crippen molar-refractivity contribution in [2.24, 2.45) is 0 Å². The molecule has 1 aliphatic heterocycles. The van der Waals surface area contributed by atoms with Crippen molar-refractivity contribution in [1.82, 2.24) is 4.90 Å². The number of hydrogen-bond acceptors (Lipinski definition) is 5. The number of thiophene rings is 1. The molecule has 7 heteroatoms. The van der Waals surface area contributed by atoms with Gasteiger partial charge in [-0.15, -0.1) is 11.3 Å². The smallest absolute Gasteiger partial charge is 0.264 e. The number of methoxy groups -OCH3 is 2. The number of carbonyl (C=O) groups is 2. The lowest BCUT2D eigenvalue weighted by atomic mass is 10.0. The van der Waals surface area contributed by atoms with E-state index in [9.17, 15) is 9.59 Å². The van der Waals surface area contributed by atoms with Crippen LogP contribution >= 0.6 is 11.3 Å². The quantitative estimate of drug-likeness (QED) is 0.866. The maximum Gasteiger partial charge on any atom is 0.264 e. The molecule has 1 atom stereocenters. The van der Waals surface area contributed by atoms with Crippen LogP contribution in [-0.4, -0.2) is 37.5 Å². The number of benzene rings is 1. The van der Waals surface area contributed by atoms with Crippen LogP contribution < -0.4 is 14.8 Å². The zero-order valence-electron chi connectivity index (χ0n) is 15.1. The van der Waals surface area contributed by atoms with Crippen molar-refractivity contribution in [3.05, 3.63) is 40.8 Å². The van der Waals surface area contributed by atoms with Crippen molar-refractivity contribution in [2.75, 3.05) is 26.1 Å². The van der Waals surface area contributed by atoms with Gasteiger partial charge >= 0.3 is 0 Å². The average molecular weight is 374 g/mol. The normalized spacial score (nSPS) is 16.4. The molecule has 1 fully saturated rings. The minimum absolute atomic E-state index is 0.0287. The first-order valence-electron chi connectivity index (χ1n) is 8.43. The topological polar surface area (TPSA) is 67.9 Å². The molecule has 0 saturated carbocycles. The molecule has 2 heterocycles. The number of ether oxygens (including phenoxy) is 2. The lowest BCUT2D eigenvalue weighted by Crippen LogP contribution is -2.30. The molecule has 1 aromatic heterocycles. The monoisotopic (exact) mass is 374 g/mol. The van der Waals surface area contributed by atoms with Gasteiger partial charge in [0.1, 0.15) is 11.5 Å². The fraction of sp³-hybridized carbons (Fsp3) is 0.368.